The van der Waals surface area contributed by atoms with E-state index in [0.717, 1.165) is 12.1 Å². The third-order valence-corrected chi connectivity index (χ3v) is 2.87. The molecule has 0 unspecified atom stereocenters. The highest BCUT2D eigenvalue weighted by molar-refractivity contribution is 6.36. The van der Waals surface area contributed by atoms with Crippen molar-refractivity contribution in [2.75, 3.05) is 0 Å². The molecule has 90 valence electrons. The molecule has 0 aliphatic carbocycles. The van der Waals surface area contributed by atoms with E-state index in [1.165, 1.54) is 13.0 Å². The van der Waals surface area contributed by atoms with E-state index in [1.807, 2.05) is 0 Å². The van der Waals surface area contributed by atoms with Gasteiger partial charge in [0.15, 0.2) is 0 Å². The van der Waals surface area contributed by atoms with Crippen molar-refractivity contribution in [3.8, 4) is 0 Å². The number of aromatic nitrogens is 1. The highest BCUT2D eigenvalue weighted by Crippen LogP contribution is 2.36. The lowest BCUT2D eigenvalue weighted by Crippen LogP contribution is -2.11. The minimum atomic E-state index is -4.57. The lowest BCUT2D eigenvalue weighted by atomic mass is 10.1. The summed E-state index contributed by atoms with van der Waals surface area (Å²) in [6, 6.07) is 3.28. The largest absolute Gasteiger partial charge is 0.433 e. The summed E-state index contributed by atoms with van der Waals surface area (Å²) in [6.45, 7) is 1.21. The Labute approximate surface area is 99.0 Å². The Bertz CT molecular complexity index is 592. The van der Waals surface area contributed by atoms with Gasteiger partial charge in [0.2, 0.25) is 0 Å². The van der Waals surface area contributed by atoms with Crippen LogP contribution in [0, 0.1) is 12.7 Å². The smallest absolute Gasteiger partial charge is 0.243 e. The van der Waals surface area contributed by atoms with Gasteiger partial charge in [0.05, 0.1) is 10.5 Å². The molecule has 0 aliphatic rings. The number of fused-ring (bicyclic) bond motifs is 1. The van der Waals surface area contributed by atoms with Gasteiger partial charge in [-0.3, -0.25) is 0 Å². The predicted octanol–water partition coefficient (Wildman–Crippen LogP) is 4.35. The number of halogens is 5. The first-order chi connectivity index (χ1) is 7.80. The molecular formula is C11H6ClF4N. The highest BCUT2D eigenvalue weighted by Gasteiger charge is 2.35. The van der Waals surface area contributed by atoms with Gasteiger partial charge in [-0.25, -0.2) is 9.37 Å². The zero-order valence-corrected chi connectivity index (χ0v) is 9.33. The summed E-state index contributed by atoms with van der Waals surface area (Å²) in [5, 5.41) is 0.0546. The summed E-state index contributed by atoms with van der Waals surface area (Å²) in [7, 11) is 0. The molecule has 1 aromatic carbocycles. The Balaban J connectivity index is 2.85. The molecule has 0 saturated carbocycles. The molecule has 0 spiro atoms. The molecular weight excluding hydrogens is 258 g/mol. The third-order valence-electron chi connectivity index (χ3n) is 2.38. The van der Waals surface area contributed by atoms with Crippen LogP contribution < -0.4 is 0 Å². The third kappa shape index (κ3) is 2.07. The van der Waals surface area contributed by atoms with Crippen molar-refractivity contribution in [1.82, 2.24) is 4.98 Å². The fourth-order valence-corrected chi connectivity index (χ4v) is 1.81. The lowest BCUT2D eigenvalue weighted by molar-refractivity contribution is -0.141. The van der Waals surface area contributed by atoms with Crippen LogP contribution in [-0.2, 0) is 6.18 Å². The Morgan fingerprint density at radius 1 is 1.24 bits per heavy atom. The standard InChI is InChI=1S/C11H6ClF4N/c1-5-9(12)7-4-6(13)2-3-8(7)17-10(5)11(14,15)16/h2-4H,1H3. The molecule has 1 aromatic heterocycles. The highest BCUT2D eigenvalue weighted by atomic mass is 35.5. The fraction of sp³-hybridized carbons (Fsp3) is 0.182. The first kappa shape index (κ1) is 12.1. The lowest BCUT2D eigenvalue weighted by Gasteiger charge is -2.12. The second-order valence-electron chi connectivity index (χ2n) is 3.56. The summed E-state index contributed by atoms with van der Waals surface area (Å²) in [4.78, 5) is 3.47. The van der Waals surface area contributed by atoms with Gasteiger partial charge in [-0.2, -0.15) is 13.2 Å². The monoisotopic (exact) mass is 263 g/mol. The van der Waals surface area contributed by atoms with Crippen LogP contribution in [0.4, 0.5) is 17.6 Å². The Kier molecular flexibility index (Phi) is 2.73. The first-order valence-corrected chi connectivity index (χ1v) is 5.01. The number of benzene rings is 1. The molecule has 0 bridgehead atoms. The molecule has 6 heteroatoms. The maximum absolute atomic E-state index is 13.0. The Morgan fingerprint density at radius 3 is 2.47 bits per heavy atom. The molecule has 17 heavy (non-hydrogen) atoms. The topological polar surface area (TPSA) is 12.9 Å². The van der Waals surface area contributed by atoms with Gasteiger partial charge in [-0.15, -0.1) is 0 Å². The van der Waals surface area contributed by atoms with Crippen LogP contribution in [-0.4, -0.2) is 4.98 Å². The number of rotatable bonds is 0. The van der Waals surface area contributed by atoms with Crippen molar-refractivity contribution >= 4 is 22.5 Å². The number of hydrogen-bond acceptors (Lipinski definition) is 1. The van der Waals surface area contributed by atoms with Crippen LogP contribution in [0.3, 0.4) is 0 Å². The van der Waals surface area contributed by atoms with Gasteiger partial charge in [0.25, 0.3) is 0 Å². The number of alkyl halides is 3. The van der Waals surface area contributed by atoms with E-state index in [0.29, 0.717) is 0 Å². The van der Waals surface area contributed by atoms with Crippen LogP contribution in [0.5, 0.6) is 0 Å². The SMILES string of the molecule is Cc1c(C(F)(F)F)nc2ccc(F)cc2c1Cl. The molecule has 0 amide bonds. The average Bonchev–Trinajstić information content (AvgIpc) is 2.22. The number of pyridine rings is 1. The Hall–Kier alpha value is -1.36. The quantitative estimate of drug-likeness (QED) is 0.644. The van der Waals surface area contributed by atoms with E-state index in [9.17, 15) is 17.6 Å². The van der Waals surface area contributed by atoms with Crippen molar-refractivity contribution in [3.05, 3.63) is 40.3 Å². The average molecular weight is 264 g/mol. The van der Waals surface area contributed by atoms with Crippen molar-refractivity contribution in [1.29, 1.82) is 0 Å². The second-order valence-corrected chi connectivity index (χ2v) is 3.94. The molecule has 0 fully saturated rings. The summed E-state index contributed by atoms with van der Waals surface area (Å²) < 4.78 is 50.9. The summed E-state index contributed by atoms with van der Waals surface area (Å²) >= 11 is 5.80. The zero-order valence-electron chi connectivity index (χ0n) is 8.57. The van der Waals surface area contributed by atoms with Crippen LogP contribution >= 0.6 is 11.6 Å². The maximum Gasteiger partial charge on any atom is 0.433 e. The normalized spacial score (nSPS) is 12.1. The second kappa shape index (κ2) is 3.84. The van der Waals surface area contributed by atoms with E-state index in [2.05, 4.69) is 4.98 Å². The minimum Gasteiger partial charge on any atom is -0.243 e. The van der Waals surface area contributed by atoms with E-state index in [1.54, 1.807) is 0 Å². The van der Waals surface area contributed by atoms with Gasteiger partial charge < -0.3 is 0 Å². The molecule has 2 rings (SSSR count). The predicted molar refractivity (Wildman–Crippen MR) is 56.5 cm³/mol. The summed E-state index contributed by atoms with van der Waals surface area (Å²) in [5.41, 5.74) is -1.21. The van der Waals surface area contributed by atoms with Gasteiger partial charge in [-0.1, -0.05) is 11.6 Å². The molecule has 0 radical (unpaired) electrons. The van der Waals surface area contributed by atoms with Gasteiger partial charge >= 0.3 is 6.18 Å². The van der Waals surface area contributed by atoms with Crippen molar-refractivity contribution in [3.63, 3.8) is 0 Å². The van der Waals surface area contributed by atoms with Gasteiger partial charge in [0, 0.05) is 5.39 Å². The van der Waals surface area contributed by atoms with Crippen LogP contribution in [0.15, 0.2) is 18.2 Å². The fourth-order valence-electron chi connectivity index (χ4n) is 1.57. The molecule has 0 N–H and O–H groups in total. The summed E-state index contributed by atoms with van der Waals surface area (Å²) in [5.74, 6) is -0.569. The van der Waals surface area contributed by atoms with Gasteiger partial charge in [-0.05, 0) is 30.7 Å². The molecule has 0 atom stereocenters. The van der Waals surface area contributed by atoms with E-state index in [-0.39, 0.29) is 21.5 Å². The Morgan fingerprint density at radius 2 is 1.88 bits per heavy atom. The minimum absolute atomic E-state index is 0.0225. The number of hydrogen-bond donors (Lipinski definition) is 0. The maximum atomic E-state index is 13.0. The first-order valence-electron chi connectivity index (χ1n) is 4.63. The molecule has 1 heterocycles. The summed E-state index contributed by atoms with van der Waals surface area (Å²) in [6.07, 6.45) is -4.57. The van der Waals surface area contributed by atoms with Gasteiger partial charge in [0.1, 0.15) is 11.5 Å². The van der Waals surface area contributed by atoms with Crippen molar-refractivity contribution in [2.24, 2.45) is 0 Å². The van der Waals surface area contributed by atoms with Crippen molar-refractivity contribution < 1.29 is 17.6 Å². The molecule has 0 saturated heterocycles. The molecule has 1 nitrogen and oxygen atoms in total. The van der Waals surface area contributed by atoms with Crippen molar-refractivity contribution in [2.45, 2.75) is 13.1 Å². The van der Waals surface area contributed by atoms with Crippen LogP contribution in [0.2, 0.25) is 5.02 Å². The zero-order chi connectivity index (χ0) is 12.8. The van der Waals surface area contributed by atoms with Crippen LogP contribution in [0.1, 0.15) is 11.3 Å². The van der Waals surface area contributed by atoms with E-state index >= 15 is 0 Å². The van der Waals surface area contributed by atoms with E-state index in [4.69, 9.17) is 11.6 Å². The van der Waals surface area contributed by atoms with Crippen LogP contribution in [0.25, 0.3) is 10.9 Å². The molecule has 2 aromatic rings. The molecule has 0 aliphatic heterocycles. The number of nitrogens with zero attached hydrogens (tertiary/aromatic N) is 1. The van der Waals surface area contributed by atoms with E-state index < -0.39 is 17.7 Å².